The van der Waals surface area contributed by atoms with Crippen molar-refractivity contribution >= 4 is 36.8 Å². The lowest BCUT2D eigenvalue weighted by atomic mass is 9.94. The van der Waals surface area contributed by atoms with Crippen molar-refractivity contribution in [2.24, 2.45) is 5.92 Å². The number of likely N-dealkylation sites (tertiary alicyclic amines) is 1. The molecule has 2 aromatic heterocycles. The molecule has 132 valence electrons. The third-order valence-electron chi connectivity index (χ3n) is 5.08. The van der Waals surface area contributed by atoms with E-state index in [2.05, 4.69) is 25.7 Å². The average Bonchev–Trinajstić information content (AvgIpc) is 3.09. The topological polar surface area (TPSA) is 54.3 Å². The maximum Gasteiger partial charge on any atom is 0.225 e. The molecule has 4 heterocycles. The number of aromatic nitrogens is 3. The Morgan fingerprint density at radius 1 is 1.16 bits per heavy atom. The third kappa shape index (κ3) is 3.33. The second-order valence-corrected chi connectivity index (χ2v) is 8.55. The fraction of sp³-hybridized carbons (Fsp3) is 0.444. The van der Waals surface area contributed by atoms with Gasteiger partial charge in [0.2, 0.25) is 5.91 Å². The highest BCUT2D eigenvalue weighted by Crippen LogP contribution is 2.29. The van der Waals surface area contributed by atoms with Gasteiger partial charge in [0.15, 0.2) is 0 Å². The molecule has 25 heavy (non-hydrogen) atoms. The van der Waals surface area contributed by atoms with E-state index in [1.165, 1.54) is 3.57 Å². The molecular formula is C18H22IN5O. The second-order valence-electron chi connectivity index (χ2n) is 6.54. The van der Waals surface area contributed by atoms with Crippen molar-refractivity contribution in [1.29, 1.82) is 0 Å². The van der Waals surface area contributed by atoms with Gasteiger partial charge in [-0.15, -0.1) is 0 Å². The van der Waals surface area contributed by atoms with E-state index in [9.17, 15) is 4.79 Å². The van der Waals surface area contributed by atoms with Gasteiger partial charge in [0, 0.05) is 48.1 Å². The quantitative estimate of drug-likeness (QED) is 0.670. The molecule has 0 saturated carbocycles. The molecule has 2 aliphatic rings. The lowest BCUT2D eigenvalue weighted by Crippen LogP contribution is -2.48. The Kier molecular flexibility index (Phi) is 4.82. The first kappa shape index (κ1) is 16.7. The van der Waals surface area contributed by atoms with Crippen molar-refractivity contribution in [2.75, 3.05) is 31.1 Å². The number of carbonyl (C=O) groups is 1. The summed E-state index contributed by atoms with van der Waals surface area (Å²) in [6.07, 6.45) is 10.7. The summed E-state index contributed by atoms with van der Waals surface area (Å²) in [5.41, 5.74) is 2.14. The van der Waals surface area contributed by atoms with Gasteiger partial charge in [0.25, 0.3) is 0 Å². The van der Waals surface area contributed by atoms with Gasteiger partial charge >= 0.3 is 0 Å². The number of halogens is 1. The first-order chi connectivity index (χ1) is 12.3. The van der Waals surface area contributed by atoms with Crippen LogP contribution in [0.3, 0.4) is 0 Å². The first-order valence-electron chi connectivity index (χ1n) is 8.67. The Hall–Kier alpha value is -1.77. The summed E-state index contributed by atoms with van der Waals surface area (Å²) in [5, 5.41) is 4.49. The van der Waals surface area contributed by atoms with Crippen LogP contribution >= 0.6 is 20.7 Å². The van der Waals surface area contributed by atoms with Gasteiger partial charge in [-0.1, -0.05) is 25.2 Å². The van der Waals surface area contributed by atoms with E-state index in [4.69, 9.17) is 0 Å². The molecule has 0 N–H and O–H groups in total. The van der Waals surface area contributed by atoms with Crippen LogP contribution in [0.15, 0.2) is 30.9 Å². The maximum atomic E-state index is 12.4. The fourth-order valence-electron chi connectivity index (χ4n) is 3.48. The summed E-state index contributed by atoms with van der Waals surface area (Å²) in [4.78, 5) is 21.1. The van der Waals surface area contributed by atoms with Gasteiger partial charge in [-0.05, 0) is 25.3 Å². The summed E-state index contributed by atoms with van der Waals surface area (Å²) in [5.74, 6) is 0.539. The first-order valence-corrected chi connectivity index (χ1v) is 11.3. The van der Waals surface area contributed by atoms with E-state index in [-0.39, 0.29) is 26.6 Å². The molecule has 0 radical (unpaired) electrons. The Labute approximate surface area is 157 Å². The Morgan fingerprint density at radius 2 is 1.96 bits per heavy atom. The summed E-state index contributed by atoms with van der Waals surface area (Å²) >= 11 is -0.208. The normalized spacial score (nSPS) is 18.2. The lowest BCUT2D eigenvalue weighted by Gasteiger charge is -2.38. The highest BCUT2D eigenvalue weighted by Gasteiger charge is 2.31. The maximum absolute atomic E-state index is 12.4. The average molecular weight is 451 g/mol. The monoisotopic (exact) mass is 451 g/mol. The van der Waals surface area contributed by atoms with E-state index in [1.807, 2.05) is 28.0 Å². The lowest BCUT2D eigenvalue weighted by molar-refractivity contribution is -0.139. The number of amides is 1. The van der Waals surface area contributed by atoms with Crippen LogP contribution in [0.1, 0.15) is 19.3 Å². The SMILES string of the molecule is C=Ic1cnn(-c2ccncc2N2CCC(C(=O)N3CCC3)CC2)c1. The summed E-state index contributed by atoms with van der Waals surface area (Å²) in [7, 11) is 0. The smallest absolute Gasteiger partial charge is 0.225 e. The van der Waals surface area contributed by atoms with Gasteiger partial charge in [0.05, 0.1) is 23.8 Å². The summed E-state index contributed by atoms with van der Waals surface area (Å²) < 4.78 is 7.17. The molecular weight excluding hydrogens is 429 g/mol. The van der Waals surface area contributed by atoms with E-state index in [0.29, 0.717) is 5.91 Å². The predicted octanol–water partition coefficient (Wildman–Crippen LogP) is 2.29. The standard InChI is InChI=1S/C18H22IN5O/c1-19-15-11-21-24(13-15)16-3-6-20-12-17(16)22-9-4-14(5-10-22)18(25)23-7-2-8-23/h3,6,11-14H,1-2,4-5,7-10H2. The Bertz CT molecular complexity index is 777. The molecule has 0 unspecified atom stereocenters. The minimum Gasteiger partial charge on any atom is -0.368 e. The van der Waals surface area contributed by atoms with Crippen LogP contribution in [0.25, 0.3) is 5.69 Å². The van der Waals surface area contributed by atoms with Crippen LogP contribution in [-0.2, 0) is 4.79 Å². The number of pyridine rings is 1. The summed E-state index contributed by atoms with van der Waals surface area (Å²) in [6, 6.07) is 2.00. The molecule has 4 rings (SSSR count). The molecule has 7 heteroatoms. The molecule has 2 aromatic rings. The van der Waals surface area contributed by atoms with Gasteiger partial charge < -0.3 is 9.80 Å². The molecule has 0 atom stereocenters. The molecule has 2 saturated heterocycles. The van der Waals surface area contributed by atoms with Crippen molar-refractivity contribution in [3.8, 4) is 5.69 Å². The number of anilines is 1. The molecule has 0 bridgehead atoms. The van der Waals surface area contributed by atoms with E-state index in [1.54, 1.807) is 6.20 Å². The molecule has 1 amide bonds. The van der Waals surface area contributed by atoms with Crippen molar-refractivity contribution in [3.05, 3.63) is 34.4 Å². The summed E-state index contributed by atoms with van der Waals surface area (Å²) in [6.45, 7) is 3.67. The molecule has 6 nitrogen and oxygen atoms in total. The third-order valence-corrected chi connectivity index (χ3v) is 6.52. The molecule has 0 aliphatic carbocycles. The van der Waals surface area contributed by atoms with Crippen LogP contribution in [-0.4, -0.2) is 56.3 Å². The van der Waals surface area contributed by atoms with Gasteiger partial charge in [-0.2, -0.15) is 5.10 Å². The van der Waals surface area contributed by atoms with E-state index in [0.717, 1.165) is 56.8 Å². The Balaban J connectivity index is 1.49. The van der Waals surface area contributed by atoms with E-state index < -0.39 is 0 Å². The van der Waals surface area contributed by atoms with Crippen molar-refractivity contribution in [1.82, 2.24) is 19.7 Å². The van der Waals surface area contributed by atoms with Crippen LogP contribution in [0.2, 0.25) is 0 Å². The molecule has 2 aliphatic heterocycles. The molecule has 0 spiro atoms. The van der Waals surface area contributed by atoms with Crippen LogP contribution in [0.5, 0.6) is 0 Å². The van der Waals surface area contributed by atoms with Gasteiger partial charge in [-0.25, -0.2) is 4.68 Å². The van der Waals surface area contributed by atoms with Gasteiger partial charge in [-0.3, -0.25) is 9.78 Å². The fourth-order valence-corrected chi connectivity index (χ4v) is 4.26. The minimum atomic E-state index is -0.208. The van der Waals surface area contributed by atoms with Crippen molar-refractivity contribution < 1.29 is 4.79 Å². The van der Waals surface area contributed by atoms with Crippen molar-refractivity contribution in [2.45, 2.75) is 19.3 Å². The molecule has 2 fully saturated rings. The van der Waals surface area contributed by atoms with Crippen LogP contribution < -0.4 is 4.90 Å². The highest BCUT2D eigenvalue weighted by atomic mass is 127. The number of hydrogen-bond donors (Lipinski definition) is 0. The largest absolute Gasteiger partial charge is 0.368 e. The Morgan fingerprint density at radius 3 is 2.60 bits per heavy atom. The minimum absolute atomic E-state index is 0.184. The number of hydrogen-bond acceptors (Lipinski definition) is 4. The number of piperidine rings is 1. The van der Waals surface area contributed by atoms with Gasteiger partial charge in [0.1, 0.15) is 0 Å². The predicted molar refractivity (Wildman–Crippen MR) is 107 cm³/mol. The van der Waals surface area contributed by atoms with Crippen LogP contribution in [0, 0.1) is 9.49 Å². The number of rotatable bonds is 4. The molecule has 0 aromatic carbocycles. The highest BCUT2D eigenvalue weighted by molar-refractivity contribution is 14.2. The zero-order chi connectivity index (χ0) is 17.2. The second kappa shape index (κ2) is 7.23. The number of nitrogens with zero attached hydrogens (tertiary/aromatic N) is 5. The van der Waals surface area contributed by atoms with Crippen LogP contribution in [0.4, 0.5) is 5.69 Å². The zero-order valence-corrected chi connectivity index (χ0v) is 16.3. The van der Waals surface area contributed by atoms with E-state index >= 15 is 0 Å². The number of carbonyl (C=O) groups excluding carboxylic acids is 1. The zero-order valence-electron chi connectivity index (χ0n) is 14.1. The van der Waals surface area contributed by atoms with Crippen molar-refractivity contribution in [3.63, 3.8) is 0 Å².